The molecule has 1 aliphatic heterocycles. The minimum Gasteiger partial charge on any atom is -0.469 e. The van der Waals surface area contributed by atoms with E-state index < -0.39 is 0 Å². The lowest BCUT2D eigenvalue weighted by molar-refractivity contribution is -0.147. The molecule has 6 heteroatoms. The highest BCUT2D eigenvalue weighted by Gasteiger charge is 2.26. The van der Waals surface area contributed by atoms with Gasteiger partial charge in [0.15, 0.2) is 0 Å². The van der Waals surface area contributed by atoms with Gasteiger partial charge in [0.1, 0.15) is 0 Å². The smallest absolute Gasteiger partial charge is 0.308 e. The first kappa shape index (κ1) is 16.0. The maximum Gasteiger partial charge on any atom is 0.308 e. The van der Waals surface area contributed by atoms with Crippen molar-refractivity contribution in [2.45, 2.75) is 25.8 Å². The lowest BCUT2D eigenvalue weighted by atomic mass is 9.97. The van der Waals surface area contributed by atoms with E-state index >= 15 is 0 Å². The van der Waals surface area contributed by atoms with Crippen LogP contribution in [0.25, 0.3) is 0 Å². The Kier molecular flexibility index (Phi) is 5.76. The monoisotopic (exact) mass is 310 g/mol. The molecular formula is C15H22N2O3S. The fourth-order valence-corrected chi connectivity index (χ4v) is 3.33. The van der Waals surface area contributed by atoms with Crippen molar-refractivity contribution in [3.8, 4) is 0 Å². The number of piperidine rings is 1. The number of ether oxygens (including phenoxy) is 1. The summed E-state index contributed by atoms with van der Waals surface area (Å²) in [6, 6.07) is 4.06. The normalized spacial score (nSPS) is 18.2. The molecule has 0 spiro atoms. The molecule has 1 N–H and O–H groups in total. The topological polar surface area (TPSA) is 58.6 Å². The average Bonchev–Trinajstić information content (AvgIpc) is 3.01. The summed E-state index contributed by atoms with van der Waals surface area (Å²) in [5, 5.41) is 5.02. The molecule has 1 aliphatic rings. The first-order valence-electron chi connectivity index (χ1n) is 7.23. The number of carbonyl (C=O) groups is 2. The van der Waals surface area contributed by atoms with Gasteiger partial charge in [-0.1, -0.05) is 6.07 Å². The molecular weight excluding hydrogens is 288 g/mol. The number of nitrogens with one attached hydrogen (secondary N) is 1. The van der Waals surface area contributed by atoms with Crippen LogP contribution in [0.3, 0.4) is 0 Å². The Hall–Kier alpha value is -1.40. The van der Waals surface area contributed by atoms with Gasteiger partial charge in [0.2, 0.25) is 5.91 Å². The van der Waals surface area contributed by atoms with Crippen LogP contribution in [-0.2, 0) is 14.3 Å². The van der Waals surface area contributed by atoms with Gasteiger partial charge in [-0.25, -0.2) is 0 Å². The highest BCUT2D eigenvalue weighted by Crippen LogP contribution is 2.19. The van der Waals surface area contributed by atoms with E-state index in [1.54, 1.807) is 11.3 Å². The molecule has 0 aromatic carbocycles. The number of carbonyl (C=O) groups excluding carboxylic acids is 2. The number of esters is 1. The summed E-state index contributed by atoms with van der Waals surface area (Å²) < 4.78 is 4.76. The third kappa shape index (κ3) is 4.54. The quantitative estimate of drug-likeness (QED) is 0.843. The number of likely N-dealkylation sites (tertiary alicyclic amines) is 1. The lowest BCUT2D eigenvalue weighted by Crippen LogP contribution is -2.43. The van der Waals surface area contributed by atoms with Crippen LogP contribution < -0.4 is 5.32 Å². The third-order valence-corrected chi connectivity index (χ3v) is 4.89. The molecule has 2 heterocycles. The van der Waals surface area contributed by atoms with Crippen molar-refractivity contribution in [2.24, 2.45) is 5.92 Å². The van der Waals surface area contributed by atoms with Gasteiger partial charge in [-0.2, -0.15) is 0 Å². The second-order valence-corrected chi connectivity index (χ2v) is 6.36. The van der Waals surface area contributed by atoms with Crippen LogP contribution >= 0.6 is 11.3 Å². The first-order valence-corrected chi connectivity index (χ1v) is 8.11. The van der Waals surface area contributed by atoms with Crippen LogP contribution in [0, 0.1) is 5.92 Å². The van der Waals surface area contributed by atoms with Crippen molar-refractivity contribution in [1.82, 2.24) is 10.2 Å². The zero-order valence-electron chi connectivity index (χ0n) is 12.5. The van der Waals surface area contributed by atoms with E-state index in [2.05, 4.69) is 10.2 Å². The van der Waals surface area contributed by atoms with Crippen LogP contribution in [0.15, 0.2) is 17.5 Å². The van der Waals surface area contributed by atoms with Gasteiger partial charge in [-0.15, -0.1) is 11.3 Å². The number of hydrogen-bond acceptors (Lipinski definition) is 5. The van der Waals surface area contributed by atoms with Crippen molar-refractivity contribution in [3.63, 3.8) is 0 Å². The molecule has 21 heavy (non-hydrogen) atoms. The molecule has 1 fully saturated rings. The Balaban J connectivity index is 1.73. The van der Waals surface area contributed by atoms with Crippen LogP contribution in [0.5, 0.6) is 0 Å². The summed E-state index contributed by atoms with van der Waals surface area (Å²) in [5.41, 5.74) is 0. The van der Waals surface area contributed by atoms with Gasteiger partial charge in [0, 0.05) is 4.88 Å². The second-order valence-electron chi connectivity index (χ2n) is 5.38. The van der Waals surface area contributed by atoms with Crippen molar-refractivity contribution >= 4 is 23.2 Å². The SMILES string of the molecule is COC(=O)C1CCN(CC(=O)NC(C)c2cccs2)CC1. The van der Waals surface area contributed by atoms with E-state index in [9.17, 15) is 9.59 Å². The second kappa shape index (κ2) is 7.56. The Morgan fingerprint density at radius 3 is 2.76 bits per heavy atom. The molecule has 1 atom stereocenters. The summed E-state index contributed by atoms with van der Waals surface area (Å²) in [6.07, 6.45) is 1.53. The van der Waals surface area contributed by atoms with Crippen LogP contribution in [-0.4, -0.2) is 43.5 Å². The molecule has 0 aliphatic carbocycles. The van der Waals surface area contributed by atoms with E-state index in [0.29, 0.717) is 6.54 Å². The first-order chi connectivity index (χ1) is 10.1. The molecule has 5 nitrogen and oxygen atoms in total. The summed E-state index contributed by atoms with van der Waals surface area (Å²) in [6.45, 7) is 3.91. The van der Waals surface area contributed by atoms with E-state index in [0.717, 1.165) is 30.8 Å². The van der Waals surface area contributed by atoms with Gasteiger partial charge in [-0.05, 0) is 44.3 Å². The van der Waals surface area contributed by atoms with Crippen LogP contribution in [0.1, 0.15) is 30.7 Å². The highest BCUT2D eigenvalue weighted by atomic mass is 32.1. The van der Waals surface area contributed by atoms with E-state index in [1.807, 2.05) is 24.4 Å². The van der Waals surface area contributed by atoms with Gasteiger partial charge in [0.25, 0.3) is 0 Å². The summed E-state index contributed by atoms with van der Waals surface area (Å²) in [4.78, 5) is 26.8. The number of rotatable bonds is 5. The number of amides is 1. The predicted molar refractivity (Wildman–Crippen MR) is 82.1 cm³/mol. The van der Waals surface area contributed by atoms with E-state index in [-0.39, 0.29) is 23.8 Å². The summed E-state index contributed by atoms with van der Waals surface area (Å²) >= 11 is 1.65. The molecule has 2 rings (SSSR count). The average molecular weight is 310 g/mol. The van der Waals surface area contributed by atoms with Gasteiger partial charge in [0.05, 0.1) is 25.6 Å². The number of methoxy groups -OCH3 is 1. The third-order valence-electron chi connectivity index (χ3n) is 3.84. The molecule has 1 amide bonds. The Bertz CT molecular complexity index is 467. The lowest BCUT2D eigenvalue weighted by Gasteiger charge is -2.30. The maximum atomic E-state index is 12.0. The zero-order chi connectivity index (χ0) is 15.2. The van der Waals surface area contributed by atoms with Crippen LogP contribution in [0.2, 0.25) is 0 Å². The van der Waals surface area contributed by atoms with E-state index in [1.165, 1.54) is 7.11 Å². The number of nitrogens with zero attached hydrogens (tertiary/aromatic N) is 1. The minimum atomic E-state index is -0.134. The molecule has 1 unspecified atom stereocenters. The molecule has 1 saturated heterocycles. The minimum absolute atomic E-state index is 0.0145. The van der Waals surface area contributed by atoms with Crippen molar-refractivity contribution in [1.29, 1.82) is 0 Å². The van der Waals surface area contributed by atoms with Crippen LogP contribution in [0.4, 0.5) is 0 Å². The van der Waals surface area contributed by atoms with Gasteiger partial charge < -0.3 is 10.1 Å². The van der Waals surface area contributed by atoms with Crippen molar-refractivity contribution < 1.29 is 14.3 Å². The summed E-state index contributed by atoms with van der Waals surface area (Å²) in [7, 11) is 1.42. The standard InChI is InChI=1S/C15H22N2O3S/c1-11(13-4-3-9-21-13)16-14(18)10-17-7-5-12(6-8-17)15(19)20-2/h3-4,9,11-12H,5-8,10H2,1-2H3,(H,16,18). The summed E-state index contributed by atoms with van der Waals surface area (Å²) in [5.74, 6) is -0.114. The molecule has 0 bridgehead atoms. The fraction of sp³-hybridized carbons (Fsp3) is 0.600. The fourth-order valence-electron chi connectivity index (χ4n) is 2.59. The highest BCUT2D eigenvalue weighted by molar-refractivity contribution is 7.10. The molecule has 1 aromatic heterocycles. The maximum absolute atomic E-state index is 12.0. The number of thiophene rings is 1. The molecule has 116 valence electrons. The van der Waals surface area contributed by atoms with Crippen molar-refractivity contribution in [2.75, 3.05) is 26.7 Å². The predicted octanol–water partition coefficient (Wildman–Crippen LogP) is 1.81. The largest absolute Gasteiger partial charge is 0.469 e. The zero-order valence-corrected chi connectivity index (χ0v) is 13.3. The molecule has 0 saturated carbocycles. The Morgan fingerprint density at radius 1 is 1.48 bits per heavy atom. The van der Waals surface area contributed by atoms with Gasteiger partial charge >= 0.3 is 5.97 Å². The Labute approximate surface area is 129 Å². The molecule has 0 radical (unpaired) electrons. The van der Waals surface area contributed by atoms with Gasteiger partial charge in [-0.3, -0.25) is 14.5 Å². The number of hydrogen-bond donors (Lipinski definition) is 1. The van der Waals surface area contributed by atoms with E-state index in [4.69, 9.17) is 4.74 Å². The Morgan fingerprint density at radius 2 is 2.19 bits per heavy atom. The molecule has 1 aromatic rings. The van der Waals surface area contributed by atoms with Crippen molar-refractivity contribution in [3.05, 3.63) is 22.4 Å².